The van der Waals surface area contributed by atoms with Gasteiger partial charge in [0.15, 0.2) is 0 Å². The van der Waals surface area contributed by atoms with Crippen molar-refractivity contribution in [3.63, 3.8) is 0 Å². The molecule has 2 aliphatic heterocycles. The van der Waals surface area contributed by atoms with E-state index in [1.54, 1.807) is 4.57 Å². The second-order valence-corrected chi connectivity index (χ2v) is 8.30. The molecule has 2 aliphatic rings. The lowest BCUT2D eigenvalue weighted by atomic mass is 9.99. The molecule has 3 heterocycles. The van der Waals surface area contributed by atoms with Gasteiger partial charge in [0, 0.05) is 45.5 Å². The molecule has 2 fully saturated rings. The van der Waals surface area contributed by atoms with Crippen molar-refractivity contribution in [1.82, 2.24) is 25.0 Å². The molecular weight excluding hydrogens is 354 g/mol. The van der Waals surface area contributed by atoms with Crippen LogP contribution in [0.1, 0.15) is 35.2 Å². The van der Waals surface area contributed by atoms with Crippen molar-refractivity contribution < 1.29 is 4.79 Å². The summed E-state index contributed by atoms with van der Waals surface area (Å²) < 4.78 is 1.71. The van der Waals surface area contributed by atoms with E-state index in [1.807, 2.05) is 19.2 Å². The molecule has 1 aromatic heterocycles. The highest BCUT2D eigenvalue weighted by Gasteiger charge is 2.19. The minimum absolute atomic E-state index is 0.165. The van der Waals surface area contributed by atoms with Crippen LogP contribution in [-0.4, -0.2) is 79.7 Å². The number of hydrogen-bond donors (Lipinski definition) is 2. The van der Waals surface area contributed by atoms with Crippen molar-refractivity contribution in [1.29, 1.82) is 0 Å². The van der Waals surface area contributed by atoms with Crippen molar-refractivity contribution in [2.24, 2.45) is 5.92 Å². The molecule has 7 nitrogen and oxygen atoms in total. The molecule has 0 bridgehead atoms. The van der Waals surface area contributed by atoms with E-state index in [0.29, 0.717) is 24.6 Å². The summed E-state index contributed by atoms with van der Waals surface area (Å²) in [5.74, 6) is 0.214. The Morgan fingerprint density at radius 1 is 1.29 bits per heavy atom. The van der Waals surface area contributed by atoms with Gasteiger partial charge >= 0.3 is 0 Å². The minimum atomic E-state index is -0.239. The molecule has 1 amide bonds. The minimum Gasteiger partial charge on any atom is -0.352 e. The van der Waals surface area contributed by atoms with Crippen LogP contribution in [-0.2, 0) is 6.54 Å². The summed E-state index contributed by atoms with van der Waals surface area (Å²) in [7, 11) is 2.15. The van der Waals surface area contributed by atoms with Crippen LogP contribution in [0.25, 0.3) is 0 Å². The first-order valence-electron chi connectivity index (χ1n) is 10.6. The third-order valence-electron chi connectivity index (χ3n) is 5.99. The fraction of sp³-hybridized carbons (Fsp3) is 0.714. The molecular formula is C21H35N5O2. The number of pyridine rings is 1. The molecule has 1 atom stereocenters. The van der Waals surface area contributed by atoms with Gasteiger partial charge in [0.05, 0.1) is 0 Å². The molecule has 0 aliphatic carbocycles. The summed E-state index contributed by atoms with van der Waals surface area (Å²) in [6, 6.07) is 1.89. The lowest BCUT2D eigenvalue weighted by molar-refractivity contribution is 0.0946. The largest absolute Gasteiger partial charge is 0.352 e. The number of aromatic nitrogens is 1. The summed E-state index contributed by atoms with van der Waals surface area (Å²) in [6.07, 6.45) is 5.01. The number of carbonyl (C=O) groups is 1. The highest BCUT2D eigenvalue weighted by molar-refractivity contribution is 5.95. The number of amides is 1. The van der Waals surface area contributed by atoms with Crippen molar-refractivity contribution in [2.75, 3.05) is 59.4 Å². The number of rotatable bonds is 7. The molecule has 0 saturated carbocycles. The van der Waals surface area contributed by atoms with Crippen molar-refractivity contribution in [3.05, 3.63) is 33.7 Å². The van der Waals surface area contributed by atoms with Crippen LogP contribution in [0.15, 0.2) is 17.1 Å². The number of piperazine rings is 1. The second-order valence-electron chi connectivity index (χ2n) is 8.30. The molecule has 7 heteroatoms. The zero-order valence-electron chi connectivity index (χ0n) is 17.4. The van der Waals surface area contributed by atoms with Crippen LogP contribution in [0.4, 0.5) is 0 Å². The lowest BCUT2D eigenvalue weighted by Gasteiger charge is -2.32. The fourth-order valence-corrected chi connectivity index (χ4v) is 4.11. The van der Waals surface area contributed by atoms with Gasteiger partial charge in [-0.2, -0.15) is 0 Å². The maximum absolute atomic E-state index is 12.9. The molecule has 0 radical (unpaired) electrons. The molecule has 156 valence electrons. The Bertz CT molecular complexity index is 703. The molecule has 28 heavy (non-hydrogen) atoms. The van der Waals surface area contributed by atoms with E-state index in [0.717, 1.165) is 70.6 Å². The standard InChI is InChI=1S/C21H35N5O2/c1-17-6-10-26(16-18-5-3-7-22-15-18)21(28)19(17)20(27)23-8-4-9-25-13-11-24(2)12-14-25/h6,10,18,22H,3-5,7-9,11-16H2,1-2H3,(H,23,27). The second kappa shape index (κ2) is 10.2. The monoisotopic (exact) mass is 389 g/mol. The summed E-state index contributed by atoms with van der Waals surface area (Å²) in [4.78, 5) is 30.3. The van der Waals surface area contributed by atoms with E-state index in [9.17, 15) is 9.59 Å². The van der Waals surface area contributed by atoms with Crippen LogP contribution in [0.3, 0.4) is 0 Å². The maximum atomic E-state index is 12.9. The summed E-state index contributed by atoms with van der Waals surface area (Å²) >= 11 is 0. The van der Waals surface area contributed by atoms with E-state index < -0.39 is 0 Å². The summed E-state index contributed by atoms with van der Waals surface area (Å²) in [6.45, 7) is 10.5. The molecule has 0 aromatic carbocycles. The van der Waals surface area contributed by atoms with Crippen molar-refractivity contribution in [3.8, 4) is 0 Å². The number of nitrogens with zero attached hydrogens (tertiary/aromatic N) is 3. The molecule has 1 unspecified atom stereocenters. The van der Waals surface area contributed by atoms with Crippen LogP contribution in [0.5, 0.6) is 0 Å². The van der Waals surface area contributed by atoms with Gasteiger partial charge in [-0.1, -0.05) is 0 Å². The van der Waals surface area contributed by atoms with E-state index >= 15 is 0 Å². The van der Waals surface area contributed by atoms with Crippen LogP contribution < -0.4 is 16.2 Å². The zero-order valence-corrected chi connectivity index (χ0v) is 17.4. The quantitative estimate of drug-likeness (QED) is 0.666. The number of aryl methyl sites for hydroxylation is 1. The normalized spacial score (nSPS) is 21.6. The van der Waals surface area contributed by atoms with Crippen LogP contribution in [0.2, 0.25) is 0 Å². The predicted octanol–water partition coefficient (Wildman–Crippen LogP) is 0.524. The Hall–Kier alpha value is -1.70. The van der Waals surface area contributed by atoms with Gasteiger partial charge in [0.25, 0.3) is 11.5 Å². The van der Waals surface area contributed by atoms with Gasteiger partial charge in [0.2, 0.25) is 0 Å². The smallest absolute Gasteiger partial charge is 0.263 e. The highest BCUT2D eigenvalue weighted by atomic mass is 16.2. The zero-order chi connectivity index (χ0) is 19.9. The van der Waals surface area contributed by atoms with Crippen molar-refractivity contribution in [2.45, 2.75) is 32.7 Å². The third-order valence-corrected chi connectivity index (χ3v) is 5.99. The Labute approximate surface area is 168 Å². The first-order chi connectivity index (χ1) is 13.5. The van der Waals surface area contributed by atoms with E-state index in [2.05, 4.69) is 27.5 Å². The predicted molar refractivity (Wildman–Crippen MR) is 112 cm³/mol. The van der Waals surface area contributed by atoms with Crippen LogP contribution in [0, 0.1) is 12.8 Å². The Balaban J connectivity index is 1.52. The van der Waals surface area contributed by atoms with E-state index in [-0.39, 0.29) is 11.5 Å². The average molecular weight is 390 g/mol. The van der Waals surface area contributed by atoms with Gasteiger partial charge in [0.1, 0.15) is 5.56 Å². The number of likely N-dealkylation sites (N-methyl/N-ethyl adjacent to an activating group) is 1. The number of piperidine rings is 1. The third kappa shape index (κ3) is 5.65. The highest BCUT2D eigenvalue weighted by Crippen LogP contribution is 2.12. The number of carbonyl (C=O) groups excluding carboxylic acids is 1. The molecule has 3 rings (SSSR count). The van der Waals surface area contributed by atoms with Gasteiger partial charge in [-0.05, 0) is 70.4 Å². The summed E-state index contributed by atoms with van der Waals surface area (Å²) in [5, 5.41) is 6.34. The molecule has 2 N–H and O–H groups in total. The van der Waals surface area contributed by atoms with Crippen LogP contribution >= 0.6 is 0 Å². The van der Waals surface area contributed by atoms with Gasteiger partial charge in [-0.25, -0.2) is 0 Å². The molecule has 0 spiro atoms. The first kappa shape index (κ1) is 21.0. The Morgan fingerprint density at radius 3 is 2.79 bits per heavy atom. The number of hydrogen-bond acceptors (Lipinski definition) is 5. The average Bonchev–Trinajstić information content (AvgIpc) is 2.70. The SMILES string of the molecule is Cc1ccn(CC2CCCNC2)c(=O)c1C(=O)NCCCN1CCN(C)CC1. The van der Waals surface area contributed by atoms with Gasteiger partial charge < -0.3 is 25.0 Å². The topological polar surface area (TPSA) is 69.6 Å². The van der Waals surface area contributed by atoms with Gasteiger partial charge in [-0.3, -0.25) is 9.59 Å². The van der Waals surface area contributed by atoms with Crippen molar-refractivity contribution >= 4 is 5.91 Å². The summed E-state index contributed by atoms with van der Waals surface area (Å²) in [5.41, 5.74) is 0.882. The maximum Gasteiger partial charge on any atom is 0.263 e. The van der Waals surface area contributed by atoms with Gasteiger partial charge in [-0.15, -0.1) is 0 Å². The van der Waals surface area contributed by atoms with E-state index in [4.69, 9.17) is 0 Å². The lowest BCUT2D eigenvalue weighted by Crippen LogP contribution is -2.45. The molecule has 1 aromatic rings. The fourth-order valence-electron chi connectivity index (χ4n) is 4.11. The van der Waals surface area contributed by atoms with E-state index in [1.165, 1.54) is 0 Å². The Morgan fingerprint density at radius 2 is 2.07 bits per heavy atom. The Kier molecular flexibility index (Phi) is 7.65. The molecule has 2 saturated heterocycles. The number of nitrogens with one attached hydrogen (secondary N) is 2. The first-order valence-corrected chi connectivity index (χ1v) is 10.6.